The molecule has 3 nitrogen and oxygen atoms in total. The molecule has 0 spiro atoms. The Morgan fingerprint density at radius 3 is 2.79 bits per heavy atom. The zero-order valence-electron chi connectivity index (χ0n) is 7.29. The molecule has 5 heteroatoms. The van der Waals surface area contributed by atoms with E-state index in [-0.39, 0.29) is 0 Å². The van der Waals surface area contributed by atoms with Crippen LogP contribution in [-0.2, 0) is 0 Å². The van der Waals surface area contributed by atoms with E-state index in [0.717, 1.165) is 13.6 Å². The van der Waals surface area contributed by atoms with E-state index in [9.17, 15) is 0 Å². The maximum Gasteiger partial charge on any atom is 0.260 e. The third kappa shape index (κ3) is 1.83. The smallest absolute Gasteiger partial charge is 0.260 e. The molecule has 2 rings (SSSR count). The van der Waals surface area contributed by atoms with E-state index in [1.54, 1.807) is 6.92 Å². The van der Waals surface area contributed by atoms with Crippen molar-refractivity contribution in [2.75, 3.05) is 0 Å². The van der Waals surface area contributed by atoms with Crippen molar-refractivity contribution in [3.8, 4) is 11.5 Å². The molecule has 0 unspecified atom stereocenters. The van der Waals surface area contributed by atoms with Crippen LogP contribution in [0, 0.1) is 10.5 Å². The van der Waals surface area contributed by atoms with Crippen molar-refractivity contribution in [1.82, 2.24) is 10.1 Å². The molecule has 1 heterocycles. The number of halogens is 2. The lowest BCUT2D eigenvalue weighted by molar-refractivity contribution is 0.425. The average Bonchev–Trinajstić information content (AvgIpc) is 2.51. The number of hydrogen-bond acceptors (Lipinski definition) is 3. The van der Waals surface area contributed by atoms with E-state index in [1.165, 1.54) is 0 Å². The van der Waals surface area contributed by atoms with Crippen LogP contribution in [0.3, 0.4) is 0 Å². The lowest BCUT2D eigenvalue weighted by Gasteiger charge is -2.00. The molecule has 0 aliphatic carbocycles. The molecule has 0 saturated heterocycles. The van der Waals surface area contributed by atoms with Crippen molar-refractivity contribution >= 4 is 38.5 Å². The van der Waals surface area contributed by atoms with Crippen LogP contribution in [0.4, 0.5) is 0 Å². The van der Waals surface area contributed by atoms with Crippen LogP contribution in [0.2, 0.25) is 0 Å². The first-order valence-corrected chi connectivity index (χ1v) is 5.80. The van der Waals surface area contributed by atoms with E-state index in [0.29, 0.717) is 11.7 Å². The Morgan fingerprint density at radius 2 is 2.21 bits per heavy atom. The third-order valence-corrected chi connectivity index (χ3v) is 3.26. The molecule has 0 radical (unpaired) electrons. The quantitative estimate of drug-likeness (QED) is 0.728. The maximum atomic E-state index is 5.12. The molecule has 0 amide bonds. The molecular weight excluding hydrogens is 359 g/mol. The summed E-state index contributed by atoms with van der Waals surface area (Å²) < 4.78 is 7.17. The Bertz CT molecular complexity index is 449. The van der Waals surface area contributed by atoms with Gasteiger partial charge in [-0.1, -0.05) is 11.2 Å². The lowest BCUT2D eigenvalue weighted by Crippen LogP contribution is -1.84. The molecule has 14 heavy (non-hydrogen) atoms. The Kier molecular flexibility index (Phi) is 2.87. The highest BCUT2D eigenvalue weighted by atomic mass is 127. The highest BCUT2D eigenvalue weighted by molar-refractivity contribution is 14.1. The van der Waals surface area contributed by atoms with E-state index in [2.05, 4.69) is 48.7 Å². The van der Waals surface area contributed by atoms with E-state index in [4.69, 9.17) is 4.52 Å². The molecule has 2 aromatic rings. The minimum Gasteiger partial charge on any atom is -0.334 e. The molecule has 0 atom stereocenters. The first kappa shape index (κ1) is 10.1. The molecule has 72 valence electrons. The zero-order valence-corrected chi connectivity index (χ0v) is 11.0. The lowest BCUT2D eigenvalue weighted by atomic mass is 10.2. The summed E-state index contributed by atoms with van der Waals surface area (Å²) >= 11 is 5.70. The topological polar surface area (TPSA) is 38.9 Å². The van der Waals surface area contributed by atoms with Crippen molar-refractivity contribution in [1.29, 1.82) is 0 Å². The number of hydrogen-bond donors (Lipinski definition) is 0. The van der Waals surface area contributed by atoms with Crippen molar-refractivity contribution in [2.24, 2.45) is 0 Å². The predicted molar refractivity (Wildman–Crippen MR) is 64.9 cm³/mol. The minimum absolute atomic E-state index is 0.555. The molecule has 1 aromatic heterocycles. The van der Waals surface area contributed by atoms with Gasteiger partial charge in [-0.05, 0) is 57.6 Å². The molecule has 0 bridgehead atoms. The van der Waals surface area contributed by atoms with Gasteiger partial charge in [-0.3, -0.25) is 0 Å². The van der Waals surface area contributed by atoms with Gasteiger partial charge in [-0.25, -0.2) is 0 Å². The number of nitrogens with zero attached hydrogens (tertiary/aromatic N) is 2. The Balaban J connectivity index is 2.61. The monoisotopic (exact) mass is 364 g/mol. The zero-order chi connectivity index (χ0) is 10.1. The van der Waals surface area contributed by atoms with Crippen LogP contribution in [0.5, 0.6) is 0 Å². The largest absolute Gasteiger partial charge is 0.334 e. The van der Waals surface area contributed by atoms with Gasteiger partial charge >= 0.3 is 0 Å². The summed E-state index contributed by atoms with van der Waals surface area (Å²) in [6.07, 6.45) is 0. The first-order valence-electron chi connectivity index (χ1n) is 3.93. The molecular formula is C9H6BrIN2O. The summed E-state index contributed by atoms with van der Waals surface area (Å²) in [5.74, 6) is 1.20. The molecule has 0 fully saturated rings. The molecule has 0 N–H and O–H groups in total. The number of benzene rings is 1. The summed E-state index contributed by atoms with van der Waals surface area (Å²) in [6.45, 7) is 1.80. The van der Waals surface area contributed by atoms with Crippen LogP contribution in [-0.4, -0.2) is 10.1 Å². The SMILES string of the molecule is Cc1noc(-c2c(Br)cccc2I)n1. The molecule has 0 saturated carbocycles. The van der Waals surface area contributed by atoms with Gasteiger partial charge in [0.15, 0.2) is 5.82 Å². The van der Waals surface area contributed by atoms with Crippen LogP contribution < -0.4 is 0 Å². The second-order valence-electron chi connectivity index (χ2n) is 2.74. The summed E-state index contributed by atoms with van der Waals surface area (Å²) in [7, 11) is 0. The van der Waals surface area contributed by atoms with Crippen LogP contribution in [0.1, 0.15) is 5.82 Å². The van der Waals surface area contributed by atoms with Crippen molar-refractivity contribution in [2.45, 2.75) is 6.92 Å². The molecule has 0 aliphatic heterocycles. The van der Waals surface area contributed by atoms with E-state index < -0.39 is 0 Å². The Hall–Kier alpha value is -0.430. The summed E-state index contributed by atoms with van der Waals surface area (Å²) in [6, 6.07) is 5.93. The highest BCUT2D eigenvalue weighted by Gasteiger charge is 2.13. The van der Waals surface area contributed by atoms with Crippen LogP contribution >= 0.6 is 38.5 Å². The Labute approximate surface area is 103 Å². The van der Waals surface area contributed by atoms with Crippen LogP contribution in [0.15, 0.2) is 27.2 Å². The second kappa shape index (κ2) is 3.98. The van der Waals surface area contributed by atoms with E-state index in [1.807, 2.05) is 18.2 Å². The fourth-order valence-corrected chi connectivity index (χ4v) is 2.74. The fraction of sp³-hybridized carbons (Fsp3) is 0.111. The number of rotatable bonds is 1. The van der Waals surface area contributed by atoms with Crippen LogP contribution in [0.25, 0.3) is 11.5 Å². The van der Waals surface area contributed by atoms with Gasteiger partial charge in [0.05, 0.1) is 5.56 Å². The van der Waals surface area contributed by atoms with Gasteiger partial charge in [-0.15, -0.1) is 0 Å². The molecule has 1 aromatic carbocycles. The minimum atomic E-state index is 0.555. The van der Waals surface area contributed by atoms with Crippen molar-refractivity contribution in [3.63, 3.8) is 0 Å². The Morgan fingerprint density at radius 1 is 1.43 bits per heavy atom. The van der Waals surface area contributed by atoms with Gasteiger partial charge in [0.25, 0.3) is 5.89 Å². The van der Waals surface area contributed by atoms with Gasteiger partial charge in [-0.2, -0.15) is 4.98 Å². The maximum absolute atomic E-state index is 5.12. The number of aryl methyl sites for hydroxylation is 1. The van der Waals surface area contributed by atoms with Crippen molar-refractivity contribution in [3.05, 3.63) is 32.1 Å². The van der Waals surface area contributed by atoms with Gasteiger partial charge in [0.1, 0.15) is 0 Å². The standard InChI is InChI=1S/C9H6BrIN2O/c1-5-12-9(14-13-5)8-6(10)3-2-4-7(8)11/h2-4H,1H3. The first-order chi connectivity index (χ1) is 6.68. The van der Waals surface area contributed by atoms with Gasteiger partial charge < -0.3 is 4.52 Å². The number of aromatic nitrogens is 2. The fourth-order valence-electron chi connectivity index (χ4n) is 1.10. The molecule has 0 aliphatic rings. The van der Waals surface area contributed by atoms with Crippen molar-refractivity contribution < 1.29 is 4.52 Å². The predicted octanol–water partition coefficient (Wildman–Crippen LogP) is 3.41. The highest BCUT2D eigenvalue weighted by Crippen LogP contribution is 2.31. The van der Waals surface area contributed by atoms with Gasteiger partial charge in [0, 0.05) is 8.04 Å². The second-order valence-corrected chi connectivity index (χ2v) is 4.76. The normalized spacial score (nSPS) is 10.5. The summed E-state index contributed by atoms with van der Waals surface area (Å²) in [5.41, 5.74) is 0.953. The van der Waals surface area contributed by atoms with E-state index >= 15 is 0 Å². The third-order valence-electron chi connectivity index (χ3n) is 1.70. The average molecular weight is 365 g/mol. The summed E-state index contributed by atoms with van der Waals surface area (Å²) in [4.78, 5) is 4.19. The van der Waals surface area contributed by atoms with Gasteiger partial charge in [0.2, 0.25) is 0 Å². The summed E-state index contributed by atoms with van der Waals surface area (Å²) in [5, 5.41) is 3.76.